The zero-order valence-electron chi connectivity index (χ0n) is 8.28. The fourth-order valence-electron chi connectivity index (χ4n) is 1.70. The SMILES string of the molecule is CC(N)Cc1nc2n(n1)CC(Cl)CC2. The molecule has 2 atom stereocenters. The molecule has 0 spiro atoms. The third-order valence-corrected chi connectivity index (χ3v) is 2.71. The van der Waals surface area contributed by atoms with E-state index < -0.39 is 0 Å². The average Bonchev–Trinajstić information content (AvgIpc) is 2.44. The second-order valence-electron chi connectivity index (χ2n) is 3.94. The molecular weight excluding hydrogens is 200 g/mol. The molecular formula is C9H15ClN4. The summed E-state index contributed by atoms with van der Waals surface area (Å²) in [5.74, 6) is 1.90. The normalized spacial score (nSPS) is 23.2. The molecule has 4 nitrogen and oxygen atoms in total. The van der Waals surface area contributed by atoms with Gasteiger partial charge in [0.15, 0.2) is 5.82 Å². The highest BCUT2D eigenvalue weighted by atomic mass is 35.5. The van der Waals surface area contributed by atoms with Gasteiger partial charge in [-0.1, -0.05) is 0 Å². The molecule has 0 fully saturated rings. The van der Waals surface area contributed by atoms with E-state index >= 15 is 0 Å². The first-order chi connectivity index (χ1) is 6.65. The minimum Gasteiger partial charge on any atom is -0.328 e. The third kappa shape index (κ3) is 2.07. The molecule has 2 N–H and O–H groups in total. The second-order valence-corrected chi connectivity index (χ2v) is 4.56. The van der Waals surface area contributed by atoms with Crippen molar-refractivity contribution in [3.05, 3.63) is 11.6 Å². The van der Waals surface area contributed by atoms with Crippen LogP contribution in [0, 0.1) is 0 Å². The fraction of sp³-hybridized carbons (Fsp3) is 0.778. The van der Waals surface area contributed by atoms with E-state index in [0.717, 1.165) is 37.5 Å². The topological polar surface area (TPSA) is 56.7 Å². The Morgan fingerprint density at radius 1 is 1.71 bits per heavy atom. The van der Waals surface area contributed by atoms with E-state index in [0.29, 0.717) is 0 Å². The summed E-state index contributed by atoms with van der Waals surface area (Å²) in [5, 5.41) is 4.58. The molecule has 14 heavy (non-hydrogen) atoms. The molecule has 0 saturated carbocycles. The quantitative estimate of drug-likeness (QED) is 0.739. The molecule has 0 radical (unpaired) electrons. The second kappa shape index (κ2) is 3.87. The number of nitrogens with two attached hydrogens (primary N) is 1. The van der Waals surface area contributed by atoms with Gasteiger partial charge in [0, 0.05) is 18.9 Å². The summed E-state index contributed by atoms with van der Waals surface area (Å²) in [5.41, 5.74) is 5.69. The maximum atomic E-state index is 6.05. The van der Waals surface area contributed by atoms with Crippen LogP contribution in [0.2, 0.25) is 0 Å². The van der Waals surface area contributed by atoms with E-state index in [1.54, 1.807) is 0 Å². The van der Waals surface area contributed by atoms with Crippen molar-refractivity contribution in [1.29, 1.82) is 0 Å². The molecule has 1 aromatic heterocycles. The van der Waals surface area contributed by atoms with Crippen LogP contribution < -0.4 is 5.73 Å². The lowest BCUT2D eigenvalue weighted by Crippen LogP contribution is -2.21. The van der Waals surface area contributed by atoms with E-state index in [2.05, 4.69) is 10.1 Å². The first-order valence-corrected chi connectivity index (χ1v) is 5.41. The van der Waals surface area contributed by atoms with Crippen LogP contribution >= 0.6 is 11.6 Å². The average molecular weight is 215 g/mol. The van der Waals surface area contributed by atoms with Gasteiger partial charge in [-0.15, -0.1) is 11.6 Å². The van der Waals surface area contributed by atoms with Gasteiger partial charge in [0.25, 0.3) is 0 Å². The summed E-state index contributed by atoms with van der Waals surface area (Å²) in [4.78, 5) is 4.44. The Balaban J connectivity index is 2.15. The van der Waals surface area contributed by atoms with Gasteiger partial charge in [-0.25, -0.2) is 9.67 Å². The Morgan fingerprint density at radius 3 is 3.21 bits per heavy atom. The lowest BCUT2D eigenvalue weighted by Gasteiger charge is -2.16. The standard InChI is InChI=1S/C9H15ClN4/c1-6(11)4-8-12-9-3-2-7(10)5-14(9)13-8/h6-7H,2-5,11H2,1H3. The molecule has 0 amide bonds. The predicted octanol–water partition coefficient (Wildman–Crippen LogP) is 0.721. The number of nitrogens with zero attached hydrogens (tertiary/aromatic N) is 3. The van der Waals surface area contributed by atoms with Crippen molar-refractivity contribution in [2.24, 2.45) is 5.73 Å². The molecule has 78 valence electrons. The van der Waals surface area contributed by atoms with Crippen molar-refractivity contribution in [3.63, 3.8) is 0 Å². The Morgan fingerprint density at radius 2 is 2.50 bits per heavy atom. The van der Waals surface area contributed by atoms with Gasteiger partial charge in [-0.3, -0.25) is 0 Å². The van der Waals surface area contributed by atoms with E-state index in [1.807, 2.05) is 11.6 Å². The maximum Gasteiger partial charge on any atom is 0.152 e. The number of halogens is 1. The van der Waals surface area contributed by atoms with E-state index in [4.69, 9.17) is 17.3 Å². The van der Waals surface area contributed by atoms with Crippen LogP contribution in [-0.2, 0) is 19.4 Å². The van der Waals surface area contributed by atoms with Crippen molar-refractivity contribution < 1.29 is 0 Å². The van der Waals surface area contributed by atoms with Crippen LogP contribution in [0.1, 0.15) is 25.0 Å². The van der Waals surface area contributed by atoms with Crippen molar-refractivity contribution >= 4 is 11.6 Å². The molecule has 0 saturated heterocycles. The summed E-state index contributed by atoms with van der Waals surface area (Å²) >= 11 is 6.05. The molecule has 2 rings (SSSR count). The van der Waals surface area contributed by atoms with Gasteiger partial charge in [-0.2, -0.15) is 5.10 Å². The zero-order chi connectivity index (χ0) is 10.1. The van der Waals surface area contributed by atoms with Gasteiger partial charge >= 0.3 is 0 Å². The number of hydrogen-bond acceptors (Lipinski definition) is 3. The van der Waals surface area contributed by atoms with Gasteiger partial charge in [0.05, 0.1) is 11.9 Å². The zero-order valence-corrected chi connectivity index (χ0v) is 9.04. The van der Waals surface area contributed by atoms with Gasteiger partial charge < -0.3 is 5.73 Å². The van der Waals surface area contributed by atoms with E-state index in [9.17, 15) is 0 Å². The number of alkyl halides is 1. The molecule has 0 aliphatic carbocycles. The Kier molecular flexibility index (Phi) is 2.74. The van der Waals surface area contributed by atoms with Crippen LogP contribution in [0.5, 0.6) is 0 Å². The summed E-state index contributed by atoms with van der Waals surface area (Å²) in [6.07, 6.45) is 2.67. The lowest BCUT2D eigenvalue weighted by atomic mass is 10.2. The van der Waals surface area contributed by atoms with E-state index in [-0.39, 0.29) is 11.4 Å². The molecule has 5 heteroatoms. The van der Waals surface area contributed by atoms with Crippen molar-refractivity contribution in [2.45, 2.75) is 44.1 Å². The van der Waals surface area contributed by atoms with Gasteiger partial charge in [0.2, 0.25) is 0 Å². The molecule has 1 aliphatic rings. The van der Waals surface area contributed by atoms with Crippen LogP contribution in [0.25, 0.3) is 0 Å². The third-order valence-electron chi connectivity index (χ3n) is 2.35. The highest BCUT2D eigenvalue weighted by Gasteiger charge is 2.19. The highest BCUT2D eigenvalue weighted by Crippen LogP contribution is 2.17. The largest absolute Gasteiger partial charge is 0.328 e. The number of rotatable bonds is 2. The van der Waals surface area contributed by atoms with Crippen molar-refractivity contribution in [2.75, 3.05) is 0 Å². The molecule has 2 unspecified atom stereocenters. The summed E-state index contributed by atoms with van der Waals surface area (Å²) < 4.78 is 1.92. The monoisotopic (exact) mass is 214 g/mol. The van der Waals surface area contributed by atoms with Crippen LogP contribution in [0.3, 0.4) is 0 Å². The number of hydrogen-bond donors (Lipinski definition) is 1. The maximum absolute atomic E-state index is 6.05. The Bertz CT molecular complexity index is 321. The molecule has 2 heterocycles. The number of fused-ring (bicyclic) bond motifs is 1. The summed E-state index contributed by atoms with van der Waals surface area (Å²) in [7, 11) is 0. The predicted molar refractivity (Wildman–Crippen MR) is 55.3 cm³/mol. The van der Waals surface area contributed by atoms with Crippen LogP contribution in [-0.4, -0.2) is 26.2 Å². The minimum atomic E-state index is 0.117. The van der Waals surface area contributed by atoms with E-state index in [1.165, 1.54) is 0 Å². The minimum absolute atomic E-state index is 0.117. The fourth-order valence-corrected chi connectivity index (χ4v) is 1.94. The number of aryl methyl sites for hydroxylation is 1. The Hall–Kier alpha value is -0.610. The van der Waals surface area contributed by atoms with Crippen LogP contribution in [0.4, 0.5) is 0 Å². The number of aromatic nitrogens is 3. The smallest absolute Gasteiger partial charge is 0.152 e. The molecule has 1 aliphatic heterocycles. The van der Waals surface area contributed by atoms with Crippen LogP contribution in [0.15, 0.2) is 0 Å². The summed E-state index contributed by atoms with van der Waals surface area (Å²) in [6, 6.07) is 0.117. The summed E-state index contributed by atoms with van der Waals surface area (Å²) in [6.45, 7) is 2.74. The molecule has 0 aromatic carbocycles. The molecule has 0 bridgehead atoms. The first kappa shape index (κ1) is 9.93. The first-order valence-electron chi connectivity index (χ1n) is 4.97. The highest BCUT2D eigenvalue weighted by molar-refractivity contribution is 6.20. The van der Waals surface area contributed by atoms with Gasteiger partial charge in [0.1, 0.15) is 5.82 Å². The molecule has 1 aromatic rings. The Labute approximate surface area is 88.5 Å². The van der Waals surface area contributed by atoms with Crippen molar-refractivity contribution in [1.82, 2.24) is 14.8 Å². The van der Waals surface area contributed by atoms with Gasteiger partial charge in [-0.05, 0) is 13.3 Å². The lowest BCUT2D eigenvalue weighted by molar-refractivity contribution is 0.484. The van der Waals surface area contributed by atoms with Crippen molar-refractivity contribution in [3.8, 4) is 0 Å².